The molecule has 3 aromatic rings. The van der Waals surface area contributed by atoms with Crippen LogP contribution in [0.2, 0.25) is 0 Å². The Morgan fingerprint density at radius 3 is 2.86 bits per heavy atom. The molecule has 108 valence electrons. The van der Waals surface area contributed by atoms with E-state index in [9.17, 15) is 9.90 Å². The number of carboxylic acid groups (broad SMARTS) is 1. The van der Waals surface area contributed by atoms with Gasteiger partial charge in [0.15, 0.2) is 11.5 Å². The number of carboxylic acids is 1. The third kappa shape index (κ3) is 1.93. The number of ether oxygens (including phenoxy) is 2. The minimum Gasteiger partial charge on any atom is -0.478 e. The van der Waals surface area contributed by atoms with Crippen molar-refractivity contribution in [3.63, 3.8) is 0 Å². The average Bonchev–Trinajstić information content (AvgIpc) is 3.01. The van der Waals surface area contributed by atoms with E-state index in [1.165, 1.54) is 6.20 Å². The van der Waals surface area contributed by atoms with Gasteiger partial charge in [0, 0.05) is 23.3 Å². The molecule has 1 aliphatic heterocycles. The number of hydrogen-bond acceptors (Lipinski definition) is 5. The van der Waals surface area contributed by atoms with Crippen LogP contribution in [-0.4, -0.2) is 27.8 Å². The topological polar surface area (TPSA) is 81.5 Å². The second-order valence-electron chi connectivity index (χ2n) is 4.82. The van der Waals surface area contributed by atoms with E-state index in [-0.39, 0.29) is 12.4 Å². The van der Waals surface area contributed by atoms with Crippen LogP contribution in [0.5, 0.6) is 11.5 Å². The number of aromatic nitrogens is 2. The molecule has 0 fully saturated rings. The van der Waals surface area contributed by atoms with E-state index in [0.29, 0.717) is 28.1 Å². The van der Waals surface area contributed by atoms with Gasteiger partial charge in [-0.05, 0) is 30.3 Å². The summed E-state index contributed by atoms with van der Waals surface area (Å²) in [7, 11) is 0. The van der Waals surface area contributed by atoms with Gasteiger partial charge in [-0.15, -0.1) is 0 Å². The molecule has 0 spiro atoms. The number of benzene rings is 1. The molecule has 6 heteroatoms. The Bertz CT molecular complexity index is 908. The molecule has 22 heavy (non-hydrogen) atoms. The largest absolute Gasteiger partial charge is 0.478 e. The second kappa shape index (κ2) is 4.70. The average molecular weight is 294 g/mol. The first-order chi connectivity index (χ1) is 10.7. The maximum atomic E-state index is 11.5. The highest BCUT2D eigenvalue weighted by Crippen LogP contribution is 2.36. The molecule has 0 amide bonds. The SMILES string of the molecule is O=C(O)c1cc(-c2ccc3c(c2)OCO3)nc2ccncc12. The lowest BCUT2D eigenvalue weighted by Crippen LogP contribution is -2.00. The molecule has 0 saturated heterocycles. The third-order valence-corrected chi connectivity index (χ3v) is 3.51. The van der Waals surface area contributed by atoms with Crippen LogP contribution in [0, 0.1) is 0 Å². The van der Waals surface area contributed by atoms with Gasteiger partial charge in [-0.25, -0.2) is 9.78 Å². The van der Waals surface area contributed by atoms with Crippen LogP contribution in [0.25, 0.3) is 22.2 Å². The number of hydrogen-bond donors (Lipinski definition) is 1. The van der Waals surface area contributed by atoms with Gasteiger partial charge in [-0.3, -0.25) is 4.98 Å². The van der Waals surface area contributed by atoms with Gasteiger partial charge in [0.25, 0.3) is 0 Å². The summed E-state index contributed by atoms with van der Waals surface area (Å²) in [5.41, 5.74) is 2.09. The second-order valence-corrected chi connectivity index (χ2v) is 4.82. The van der Waals surface area contributed by atoms with E-state index in [2.05, 4.69) is 9.97 Å². The summed E-state index contributed by atoms with van der Waals surface area (Å²) in [6.45, 7) is 0.190. The Hall–Kier alpha value is -3.15. The van der Waals surface area contributed by atoms with Gasteiger partial charge in [-0.1, -0.05) is 0 Å². The summed E-state index contributed by atoms with van der Waals surface area (Å²) in [6, 6.07) is 8.65. The molecule has 0 bridgehead atoms. The summed E-state index contributed by atoms with van der Waals surface area (Å²) in [4.78, 5) is 20.0. The minimum absolute atomic E-state index is 0.172. The van der Waals surface area contributed by atoms with Crippen LogP contribution in [0.15, 0.2) is 42.7 Å². The van der Waals surface area contributed by atoms with Crippen molar-refractivity contribution in [3.05, 3.63) is 48.3 Å². The molecule has 1 aromatic carbocycles. The molecule has 0 aliphatic carbocycles. The first kappa shape index (κ1) is 12.6. The Balaban J connectivity index is 1.93. The number of aromatic carboxylic acids is 1. The first-order valence-electron chi connectivity index (χ1n) is 6.60. The quantitative estimate of drug-likeness (QED) is 0.782. The van der Waals surface area contributed by atoms with Crippen molar-refractivity contribution in [1.29, 1.82) is 0 Å². The zero-order valence-electron chi connectivity index (χ0n) is 11.3. The molecule has 0 radical (unpaired) electrons. The summed E-state index contributed by atoms with van der Waals surface area (Å²) < 4.78 is 10.6. The Kier molecular flexibility index (Phi) is 2.69. The van der Waals surface area contributed by atoms with Crippen molar-refractivity contribution in [2.45, 2.75) is 0 Å². The fourth-order valence-electron chi connectivity index (χ4n) is 2.45. The highest BCUT2D eigenvalue weighted by atomic mass is 16.7. The lowest BCUT2D eigenvalue weighted by Gasteiger charge is -2.07. The standard InChI is InChI=1S/C16H10N2O4/c19-16(20)10-6-13(18-12-3-4-17-7-11(10)12)9-1-2-14-15(5-9)22-8-21-14/h1-7H,8H2,(H,19,20). The number of nitrogens with zero attached hydrogens (tertiary/aromatic N) is 2. The van der Waals surface area contributed by atoms with E-state index in [1.54, 1.807) is 30.5 Å². The fraction of sp³-hybridized carbons (Fsp3) is 0.0625. The van der Waals surface area contributed by atoms with Gasteiger partial charge in [0.2, 0.25) is 6.79 Å². The lowest BCUT2D eigenvalue weighted by atomic mass is 10.1. The van der Waals surface area contributed by atoms with Gasteiger partial charge >= 0.3 is 5.97 Å². The maximum absolute atomic E-state index is 11.5. The maximum Gasteiger partial charge on any atom is 0.336 e. The van der Waals surface area contributed by atoms with Crippen LogP contribution in [0.4, 0.5) is 0 Å². The van der Waals surface area contributed by atoms with Gasteiger partial charge < -0.3 is 14.6 Å². The number of carbonyl (C=O) groups is 1. The first-order valence-corrected chi connectivity index (χ1v) is 6.60. The summed E-state index contributed by atoms with van der Waals surface area (Å²) in [5, 5.41) is 9.92. The number of fused-ring (bicyclic) bond motifs is 2. The molecule has 2 aromatic heterocycles. The molecule has 0 saturated carbocycles. The van der Waals surface area contributed by atoms with Gasteiger partial charge in [-0.2, -0.15) is 0 Å². The Labute approximate surface area is 125 Å². The molecular formula is C16H10N2O4. The van der Waals surface area contributed by atoms with Gasteiger partial charge in [0.05, 0.1) is 16.8 Å². The highest BCUT2D eigenvalue weighted by Gasteiger charge is 2.17. The third-order valence-electron chi connectivity index (χ3n) is 3.51. The molecule has 4 rings (SSSR count). The van der Waals surface area contributed by atoms with Crippen molar-refractivity contribution in [3.8, 4) is 22.8 Å². The normalized spacial score (nSPS) is 12.5. The van der Waals surface area contributed by atoms with E-state index < -0.39 is 5.97 Å². The highest BCUT2D eigenvalue weighted by molar-refractivity contribution is 6.03. The smallest absolute Gasteiger partial charge is 0.336 e. The Morgan fingerprint density at radius 2 is 2.00 bits per heavy atom. The summed E-state index contributed by atoms with van der Waals surface area (Å²) in [5.74, 6) is 0.292. The minimum atomic E-state index is -1.01. The monoisotopic (exact) mass is 294 g/mol. The van der Waals surface area contributed by atoms with E-state index in [0.717, 1.165) is 5.56 Å². The molecule has 0 unspecified atom stereocenters. The molecule has 3 heterocycles. The van der Waals surface area contributed by atoms with Crippen LogP contribution >= 0.6 is 0 Å². The number of pyridine rings is 2. The molecule has 1 N–H and O–H groups in total. The van der Waals surface area contributed by atoms with Crippen molar-refractivity contribution >= 4 is 16.9 Å². The zero-order chi connectivity index (χ0) is 15.1. The van der Waals surface area contributed by atoms with E-state index in [4.69, 9.17) is 9.47 Å². The zero-order valence-corrected chi connectivity index (χ0v) is 11.3. The van der Waals surface area contributed by atoms with Gasteiger partial charge in [0.1, 0.15) is 0 Å². The molecular weight excluding hydrogens is 284 g/mol. The van der Waals surface area contributed by atoms with Crippen LogP contribution in [0.1, 0.15) is 10.4 Å². The van der Waals surface area contributed by atoms with Crippen molar-refractivity contribution in [1.82, 2.24) is 9.97 Å². The molecule has 6 nitrogen and oxygen atoms in total. The van der Waals surface area contributed by atoms with Crippen LogP contribution < -0.4 is 9.47 Å². The lowest BCUT2D eigenvalue weighted by molar-refractivity contribution is 0.0699. The number of rotatable bonds is 2. The van der Waals surface area contributed by atoms with Crippen LogP contribution in [0.3, 0.4) is 0 Å². The van der Waals surface area contributed by atoms with E-state index >= 15 is 0 Å². The fourth-order valence-corrected chi connectivity index (χ4v) is 2.45. The summed E-state index contributed by atoms with van der Waals surface area (Å²) in [6.07, 6.45) is 3.10. The predicted molar refractivity (Wildman–Crippen MR) is 78.1 cm³/mol. The molecule has 1 aliphatic rings. The van der Waals surface area contributed by atoms with Crippen LogP contribution in [-0.2, 0) is 0 Å². The van der Waals surface area contributed by atoms with E-state index in [1.807, 2.05) is 6.07 Å². The molecule has 0 atom stereocenters. The van der Waals surface area contributed by atoms with Crippen molar-refractivity contribution < 1.29 is 19.4 Å². The van der Waals surface area contributed by atoms with Crippen molar-refractivity contribution in [2.24, 2.45) is 0 Å². The predicted octanol–water partition coefficient (Wildman–Crippen LogP) is 2.72. The Morgan fingerprint density at radius 1 is 1.14 bits per heavy atom. The van der Waals surface area contributed by atoms with Crippen molar-refractivity contribution in [2.75, 3.05) is 6.79 Å². The summed E-state index contributed by atoms with van der Waals surface area (Å²) >= 11 is 0.